The predicted molar refractivity (Wildman–Crippen MR) is 53.1 cm³/mol. The molecule has 0 saturated carbocycles. The lowest BCUT2D eigenvalue weighted by Crippen LogP contribution is -1.80. The number of aromatic nitrogens is 3. The van der Waals surface area contributed by atoms with Gasteiger partial charge in [0.1, 0.15) is 16.8 Å². The average molecular weight is 187 g/mol. The van der Waals surface area contributed by atoms with Gasteiger partial charge in [0.05, 0.1) is 0 Å². The third-order valence-electron chi connectivity index (χ3n) is 2.18. The number of aromatic amines is 1. The summed E-state index contributed by atoms with van der Waals surface area (Å²) in [5.41, 5.74) is 4.13. The topological polar surface area (TPSA) is 54.7 Å². The van der Waals surface area contributed by atoms with E-state index < -0.39 is 0 Å². The molecule has 0 atom stereocenters. The van der Waals surface area contributed by atoms with Gasteiger partial charge in [-0.1, -0.05) is 0 Å². The SMILES string of the molecule is Cc1cc2nc3oc(C)cc3nc2[nH]1. The van der Waals surface area contributed by atoms with E-state index in [-0.39, 0.29) is 0 Å². The summed E-state index contributed by atoms with van der Waals surface area (Å²) in [6.07, 6.45) is 0. The Morgan fingerprint density at radius 3 is 2.86 bits per heavy atom. The second-order valence-corrected chi connectivity index (χ2v) is 3.46. The fraction of sp³-hybridized carbons (Fsp3) is 0.200. The van der Waals surface area contributed by atoms with Gasteiger partial charge in [0, 0.05) is 11.8 Å². The molecule has 0 aliphatic rings. The quantitative estimate of drug-likeness (QED) is 0.587. The van der Waals surface area contributed by atoms with E-state index in [0.29, 0.717) is 5.71 Å². The summed E-state index contributed by atoms with van der Waals surface area (Å²) < 4.78 is 5.40. The number of hydrogen-bond acceptors (Lipinski definition) is 3. The molecule has 0 aromatic carbocycles. The van der Waals surface area contributed by atoms with Gasteiger partial charge < -0.3 is 9.40 Å². The first-order valence-corrected chi connectivity index (χ1v) is 4.46. The molecule has 3 aromatic heterocycles. The standard InChI is InChI=1S/C10H9N3O/c1-5-3-7-9(11-5)12-8-4-6(2)14-10(8)13-7/h3-4H,1-2H3,(H,11,12). The number of hydrogen-bond donors (Lipinski definition) is 1. The van der Waals surface area contributed by atoms with Crippen molar-refractivity contribution < 1.29 is 4.42 Å². The molecule has 4 nitrogen and oxygen atoms in total. The van der Waals surface area contributed by atoms with Gasteiger partial charge in [0.25, 0.3) is 0 Å². The van der Waals surface area contributed by atoms with E-state index in [2.05, 4.69) is 15.0 Å². The van der Waals surface area contributed by atoms with E-state index in [1.165, 1.54) is 0 Å². The maximum atomic E-state index is 5.40. The highest BCUT2D eigenvalue weighted by Crippen LogP contribution is 2.19. The van der Waals surface area contributed by atoms with Crippen LogP contribution in [0.2, 0.25) is 0 Å². The molecule has 70 valence electrons. The number of nitrogens with one attached hydrogen (secondary N) is 1. The minimum absolute atomic E-state index is 0.606. The van der Waals surface area contributed by atoms with Gasteiger partial charge in [0.15, 0.2) is 5.65 Å². The van der Waals surface area contributed by atoms with Crippen LogP contribution in [0, 0.1) is 13.8 Å². The van der Waals surface area contributed by atoms with Crippen LogP contribution in [-0.2, 0) is 0 Å². The second-order valence-electron chi connectivity index (χ2n) is 3.46. The van der Waals surface area contributed by atoms with Crippen molar-refractivity contribution in [2.75, 3.05) is 0 Å². The number of rotatable bonds is 0. The van der Waals surface area contributed by atoms with Crippen LogP contribution in [0.15, 0.2) is 16.5 Å². The molecule has 14 heavy (non-hydrogen) atoms. The second kappa shape index (κ2) is 2.35. The van der Waals surface area contributed by atoms with Gasteiger partial charge in [-0.15, -0.1) is 0 Å². The van der Waals surface area contributed by atoms with E-state index in [4.69, 9.17) is 4.42 Å². The molecule has 0 aliphatic heterocycles. The van der Waals surface area contributed by atoms with E-state index in [9.17, 15) is 0 Å². The lowest BCUT2D eigenvalue weighted by molar-refractivity contribution is 0.568. The van der Waals surface area contributed by atoms with Gasteiger partial charge in [-0.25, -0.2) is 9.97 Å². The van der Waals surface area contributed by atoms with Crippen molar-refractivity contribution in [2.24, 2.45) is 0 Å². The molecule has 1 N–H and O–H groups in total. The molecule has 0 amide bonds. The first-order chi connectivity index (χ1) is 6.72. The predicted octanol–water partition coefficient (Wildman–Crippen LogP) is 2.32. The molecular weight excluding hydrogens is 178 g/mol. The van der Waals surface area contributed by atoms with Crippen LogP contribution >= 0.6 is 0 Å². The minimum atomic E-state index is 0.606. The molecule has 3 aromatic rings. The van der Waals surface area contributed by atoms with Crippen LogP contribution < -0.4 is 0 Å². The molecule has 0 fully saturated rings. The Balaban J connectivity index is 2.49. The van der Waals surface area contributed by atoms with Crippen LogP contribution in [0.3, 0.4) is 0 Å². The zero-order chi connectivity index (χ0) is 9.71. The fourth-order valence-electron chi connectivity index (χ4n) is 1.61. The third-order valence-corrected chi connectivity index (χ3v) is 2.18. The van der Waals surface area contributed by atoms with Crippen LogP contribution in [0.1, 0.15) is 11.5 Å². The van der Waals surface area contributed by atoms with Crippen LogP contribution in [0.25, 0.3) is 22.4 Å². The van der Waals surface area contributed by atoms with E-state index in [0.717, 1.165) is 28.1 Å². The van der Waals surface area contributed by atoms with Crippen LogP contribution in [0.5, 0.6) is 0 Å². The molecule has 0 spiro atoms. The zero-order valence-electron chi connectivity index (χ0n) is 7.96. The first kappa shape index (κ1) is 7.55. The van der Waals surface area contributed by atoms with Crippen molar-refractivity contribution in [3.63, 3.8) is 0 Å². The minimum Gasteiger partial charge on any atom is -0.442 e. The Bertz CT molecular complexity index is 518. The molecule has 0 unspecified atom stereocenters. The highest BCUT2D eigenvalue weighted by atomic mass is 16.3. The fourth-order valence-corrected chi connectivity index (χ4v) is 1.61. The molecule has 0 bridgehead atoms. The van der Waals surface area contributed by atoms with Crippen molar-refractivity contribution in [2.45, 2.75) is 13.8 Å². The Labute approximate surface area is 80.0 Å². The molecule has 0 radical (unpaired) electrons. The monoisotopic (exact) mass is 187 g/mol. The number of fused-ring (bicyclic) bond motifs is 2. The average Bonchev–Trinajstić information content (AvgIpc) is 2.59. The summed E-state index contributed by atoms with van der Waals surface area (Å²) in [6.45, 7) is 3.87. The lowest BCUT2D eigenvalue weighted by atomic mass is 10.4. The van der Waals surface area contributed by atoms with E-state index in [1.54, 1.807) is 0 Å². The van der Waals surface area contributed by atoms with Gasteiger partial charge in [-0.2, -0.15) is 0 Å². The lowest BCUT2D eigenvalue weighted by Gasteiger charge is -1.87. The number of nitrogens with zero attached hydrogens (tertiary/aromatic N) is 2. The van der Waals surface area contributed by atoms with E-state index >= 15 is 0 Å². The maximum absolute atomic E-state index is 5.40. The van der Waals surface area contributed by atoms with Crippen LogP contribution in [-0.4, -0.2) is 15.0 Å². The van der Waals surface area contributed by atoms with Crippen LogP contribution in [0.4, 0.5) is 0 Å². The van der Waals surface area contributed by atoms with Crippen molar-refractivity contribution in [3.8, 4) is 0 Å². The summed E-state index contributed by atoms with van der Waals surface area (Å²) in [7, 11) is 0. The van der Waals surface area contributed by atoms with Gasteiger partial charge in [-0.3, -0.25) is 0 Å². The highest BCUT2D eigenvalue weighted by molar-refractivity contribution is 5.82. The molecule has 0 aliphatic carbocycles. The van der Waals surface area contributed by atoms with Crippen molar-refractivity contribution in [1.29, 1.82) is 0 Å². The Morgan fingerprint density at radius 2 is 2.00 bits per heavy atom. The number of H-pyrrole nitrogens is 1. The summed E-state index contributed by atoms with van der Waals surface area (Å²) in [5.74, 6) is 0.837. The molecule has 0 saturated heterocycles. The Hall–Kier alpha value is -1.84. The number of furan rings is 1. The molecule has 3 heterocycles. The largest absolute Gasteiger partial charge is 0.442 e. The van der Waals surface area contributed by atoms with E-state index in [1.807, 2.05) is 26.0 Å². The first-order valence-electron chi connectivity index (χ1n) is 4.46. The van der Waals surface area contributed by atoms with Crippen molar-refractivity contribution >= 4 is 22.4 Å². The van der Waals surface area contributed by atoms with Crippen molar-refractivity contribution in [3.05, 3.63) is 23.6 Å². The normalized spacial score (nSPS) is 11.6. The van der Waals surface area contributed by atoms with Crippen molar-refractivity contribution in [1.82, 2.24) is 15.0 Å². The Kier molecular flexibility index (Phi) is 1.27. The maximum Gasteiger partial charge on any atom is 0.246 e. The third kappa shape index (κ3) is 0.937. The summed E-state index contributed by atoms with van der Waals surface area (Å²) in [6, 6.07) is 3.84. The molecular formula is C10H9N3O. The summed E-state index contributed by atoms with van der Waals surface area (Å²) in [5, 5.41) is 0. The summed E-state index contributed by atoms with van der Waals surface area (Å²) >= 11 is 0. The molecule has 4 heteroatoms. The zero-order valence-corrected chi connectivity index (χ0v) is 7.96. The van der Waals surface area contributed by atoms with Gasteiger partial charge in [0.2, 0.25) is 5.71 Å². The summed E-state index contributed by atoms with van der Waals surface area (Å²) in [4.78, 5) is 11.9. The van der Waals surface area contributed by atoms with Gasteiger partial charge in [-0.05, 0) is 19.9 Å². The smallest absolute Gasteiger partial charge is 0.246 e. The Morgan fingerprint density at radius 1 is 1.14 bits per heavy atom. The highest BCUT2D eigenvalue weighted by Gasteiger charge is 2.07. The van der Waals surface area contributed by atoms with Gasteiger partial charge >= 0.3 is 0 Å². The number of aryl methyl sites for hydroxylation is 2. The molecule has 3 rings (SSSR count).